The number of nitrogens with zero attached hydrogens (tertiary/aromatic N) is 3. The maximum Gasteiger partial charge on any atom is 0.328 e. The third kappa shape index (κ3) is 6.68. The average Bonchev–Trinajstić information content (AvgIpc) is 2.62. The normalized spacial score (nSPS) is 23.9. The van der Waals surface area contributed by atoms with E-state index in [1.807, 2.05) is 34.6 Å². The second-order valence-electron chi connectivity index (χ2n) is 4.93. The standard InChI is InChI=1S/C14H34N3O6P3/c1-7-13-19-17-25(21-14-8-2)16(18-9-3)24(20-10-4)15-26(17,22-11-5)23-12-6/h7-14H2,1-6H3. The predicted molar refractivity (Wildman–Crippen MR) is 106 cm³/mol. The van der Waals surface area contributed by atoms with Gasteiger partial charge in [0, 0.05) is 0 Å². The van der Waals surface area contributed by atoms with Crippen molar-refractivity contribution in [3.05, 3.63) is 0 Å². The van der Waals surface area contributed by atoms with Crippen LogP contribution in [-0.4, -0.2) is 48.8 Å². The number of hydrogen-bond donors (Lipinski definition) is 0. The SMILES string of the molecule is CCCON1P(OCCC)N(OCC)P(OCC)N=P1(OCC)OCC. The Morgan fingerprint density at radius 2 is 1.42 bits per heavy atom. The van der Waals surface area contributed by atoms with Gasteiger partial charge in [-0.2, -0.15) is 4.52 Å². The van der Waals surface area contributed by atoms with Gasteiger partial charge in [-0.25, -0.2) is 0 Å². The fraction of sp³-hybridized carbons (Fsp3) is 1.00. The van der Waals surface area contributed by atoms with E-state index in [0.29, 0.717) is 39.6 Å². The van der Waals surface area contributed by atoms with Crippen LogP contribution in [-0.2, 0) is 27.8 Å². The van der Waals surface area contributed by atoms with Crippen molar-refractivity contribution in [3.63, 3.8) is 0 Å². The van der Waals surface area contributed by atoms with Gasteiger partial charge in [0.25, 0.3) is 16.9 Å². The Labute approximate surface area is 160 Å². The third-order valence-corrected chi connectivity index (χ3v) is 10.2. The topological polar surface area (TPSA) is 74.2 Å². The van der Waals surface area contributed by atoms with Gasteiger partial charge in [-0.05, 0) is 45.1 Å². The molecule has 0 aliphatic carbocycles. The van der Waals surface area contributed by atoms with E-state index in [-0.39, 0.29) is 0 Å². The van der Waals surface area contributed by atoms with Gasteiger partial charge in [-0.1, -0.05) is 18.5 Å². The summed E-state index contributed by atoms with van der Waals surface area (Å²) in [6, 6.07) is 0. The first-order chi connectivity index (χ1) is 12.6. The number of hydrogen-bond acceptors (Lipinski definition) is 9. The van der Waals surface area contributed by atoms with Crippen LogP contribution in [0.2, 0.25) is 0 Å². The van der Waals surface area contributed by atoms with Crippen LogP contribution >= 0.6 is 24.6 Å². The highest BCUT2D eigenvalue weighted by atomic mass is 31.3. The van der Waals surface area contributed by atoms with Crippen LogP contribution < -0.4 is 0 Å². The van der Waals surface area contributed by atoms with Gasteiger partial charge in [0.05, 0.1) is 39.6 Å². The van der Waals surface area contributed by atoms with Crippen LogP contribution in [0.15, 0.2) is 4.52 Å². The Morgan fingerprint density at radius 1 is 0.769 bits per heavy atom. The van der Waals surface area contributed by atoms with Gasteiger partial charge in [0.15, 0.2) is 0 Å². The molecule has 1 aliphatic heterocycles. The molecular formula is C14H34N3O6P3. The van der Waals surface area contributed by atoms with E-state index < -0.39 is 24.6 Å². The zero-order valence-electron chi connectivity index (χ0n) is 16.8. The van der Waals surface area contributed by atoms with E-state index in [4.69, 9.17) is 32.3 Å². The Hall–Kier alpha value is 0.770. The van der Waals surface area contributed by atoms with Gasteiger partial charge in [-0.15, -0.1) is 0 Å². The second-order valence-corrected chi connectivity index (χ2v) is 10.8. The van der Waals surface area contributed by atoms with Crippen LogP contribution in [0.1, 0.15) is 54.4 Å². The fourth-order valence-electron chi connectivity index (χ4n) is 1.89. The van der Waals surface area contributed by atoms with E-state index in [1.54, 1.807) is 9.21 Å². The number of rotatable bonds is 14. The third-order valence-electron chi connectivity index (χ3n) is 2.75. The minimum atomic E-state index is -2.85. The minimum absolute atomic E-state index is 0.449. The molecule has 0 bridgehead atoms. The lowest BCUT2D eigenvalue weighted by molar-refractivity contribution is -0.0791. The molecule has 1 heterocycles. The molecule has 0 aromatic carbocycles. The lowest BCUT2D eigenvalue weighted by atomic mass is 10.5. The monoisotopic (exact) mass is 433 g/mol. The average molecular weight is 433 g/mol. The molecule has 0 aromatic rings. The van der Waals surface area contributed by atoms with Crippen molar-refractivity contribution in [1.29, 1.82) is 0 Å². The fourth-order valence-corrected chi connectivity index (χ4v) is 9.96. The first-order valence-electron chi connectivity index (χ1n) is 9.27. The summed E-state index contributed by atoms with van der Waals surface area (Å²) < 4.78 is 32.3. The largest absolute Gasteiger partial charge is 0.328 e. The predicted octanol–water partition coefficient (Wildman–Crippen LogP) is 5.83. The van der Waals surface area contributed by atoms with Gasteiger partial charge < -0.3 is 18.1 Å². The van der Waals surface area contributed by atoms with Crippen molar-refractivity contribution in [2.24, 2.45) is 4.52 Å². The maximum absolute atomic E-state index is 6.14. The summed E-state index contributed by atoms with van der Waals surface area (Å²) in [6.07, 6.45) is 1.72. The summed E-state index contributed by atoms with van der Waals surface area (Å²) in [4.78, 5) is 11.9. The molecule has 2 atom stereocenters. The summed E-state index contributed by atoms with van der Waals surface area (Å²) in [6.45, 7) is 14.8. The molecule has 0 amide bonds. The zero-order valence-corrected chi connectivity index (χ0v) is 19.5. The zero-order chi connectivity index (χ0) is 19.4. The lowest BCUT2D eigenvalue weighted by Crippen LogP contribution is -2.31. The van der Waals surface area contributed by atoms with Crippen molar-refractivity contribution in [2.45, 2.75) is 54.4 Å². The lowest BCUT2D eigenvalue weighted by Gasteiger charge is -2.45. The summed E-state index contributed by atoms with van der Waals surface area (Å²) in [5, 5.41) is 0. The Bertz CT molecular complexity index is 425. The van der Waals surface area contributed by atoms with Crippen LogP contribution in [0.5, 0.6) is 0 Å². The molecule has 1 aliphatic rings. The Balaban J connectivity index is 3.39. The van der Waals surface area contributed by atoms with Crippen LogP contribution in [0.3, 0.4) is 0 Å². The minimum Gasteiger partial charge on any atom is -0.328 e. The highest BCUT2D eigenvalue weighted by molar-refractivity contribution is 7.78. The molecule has 26 heavy (non-hydrogen) atoms. The van der Waals surface area contributed by atoms with Gasteiger partial charge >= 0.3 is 7.66 Å². The highest BCUT2D eigenvalue weighted by Crippen LogP contribution is 2.79. The molecule has 2 unspecified atom stereocenters. The van der Waals surface area contributed by atoms with E-state index in [9.17, 15) is 0 Å². The molecular weight excluding hydrogens is 399 g/mol. The van der Waals surface area contributed by atoms with Crippen molar-refractivity contribution < 1.29 is 27.8 Å². The van der Waals surface area contributed by atoms with E-state index >= 15 is 0 Å². The Kier molecular flexibility index (Phi) is 13.2. The first kappa shape index (κ1) is 24.8. The van der Waals surface area contributed by atoms with Gasteiger partial charge in [-0.3, -0.25) is 9.68 Å². The van der Waals surface area contributed by atoms with Crippen molar-refractivity contribution in [3.8, 4) is 0 Å². The molecule has 0 saturated carbocycles. The Morgan fingerprint density at radius 3 is 1.92 bits per heavy atom. The van der Waals surface area contributed by atoms with Crippen LogP contribution in [0.4, 0.5) is 0 Å². The second kappa shape index (κ2) is 13.9. The van der Waals surface area contributed by atoms with Gasteiger partial charge in [0.1, 0.15) is 0 Å². The molecule has 9 nitrogen and oxygen atoms in total. The van der Waals surface area contributed by atoms with Crippen LogP contribution in [0.25, 0.3) is 0 Å². The molecule has 12 heteroatoms. The van der Waals surface area contributed by atoms with Crippen molar-refractivity contribution >= 4 is 24.6 Å². The maximum atomic E-state index is 6.14. The molecule has 156 valence electrons. The van der Waals surface area contributed by atoms with E-state index in [2.05, 4.69) is 6.92 Å². The quantitative estimate of drug-likeness (QED) is 0.317. The molecule has 1 rings (SSSR count). The van der Waals surface area contributed by atoms with Crippen molar-refractivity contribution in [1.82, 2.24) is 9.21 Å². The van der Waals surface area contributed by atoms with E-state index in [0.717, 1.165) is 12.8 Å². The molecule has 0 fully saturated rings. The molecule has 0 aromatic heterocycles. The summed E-state index contributed by atoms with van der Waals surface area (Å²) in [5.41, 5.74) is 0. The van der Waals surface area contributed by atoms with Crippen molar-refractivity contribution in [2.75, 3.05) is 39.6 Å². The molecule has 0 saturated heterocycles. The summed E-state index contributed by atoms with van der Waals surface area (Å²) in [5.74, 6) is 0. The smallest absolute Gasteiger partial charge is 0.328 e. The summed E-state index contributed by atoms with van der Waals surface area (Å²) >= 11 is 0. The molecule has 0 radical (unpaired) electrons. The molecule has 0 spiro atoms. The molecule has 0 N–H and O–H groups in total. The van der Waals surface area contributed by atoms with E-state index in [1.165, 1.54) is 0 Å². The summed E-state index contributed by atoms with van der Waals surface area (Å²) in [7, 11) is -5.74. The highest BCUT2D eigenvalue weighted by Gasteiger charge is 2.51. The van der Waals surface area contributed by atoms with Crippen LogP contribution in [0, 0.1) is 0 Å². The van der Waals surface area contributed by atoms with Gasteiger partial charge in [0.2, 0.25) is 0 Å². The first-order valence-corrected chi connectivity index (χ1v) is 13.1.